The van der Waals surface area contributed by atoms with Crippen molar-refractivity contribution in [2.45, 2.75) is 32.7 Å². The molecule has 0 radical (unpaired) electrons. The number of methoxy groups -OCH3 is 1. The summed E-state index contributed by atoms with van der Waals surface area (Å²) in [4.78, 5) is 23.3. The number of carboxylic acid groups (broad SMARTS) is 1. The third-order valence-corrected chi connectivity index (χ3v) is 3.88. The molecule has 1 aromatic rings. The first-order chi connectivity index (χ1) is 9.88. The molecule has 0 aliphatic heterocycles. The highest BCUT2D eigenvalue weighted by Gasteiger charge is 2.25. The second-order valence-electron chi connectivity index (χ2n) is 4.90. The maximum absolute atomic E-state index is 12.1. The van der Waals surface area contributed by atoms with Crippen LogP contribution in [0.15, 0.2) is 22.7 Å². The molecule has 0 fully saturated rings. The molecule has 6 heteroatoms. The van der Waals surface area contributed by atoms with Crippen LogP contribution in [0.1, 0.15) is 25.8 Å². The van der Waals surface area contributed by atoms with Crippen molar-refractivity contribution in [2.24, 2.45) is 5.92 Å². The van der Waals surface area contributed by atoms with Gasteiger partial charge in [0.2, 0.25) is 5.91 Å². The summed E-state index contributed by atoms with van der Waals surface area (Å²) in [5.74, 6) is -0.877. The van der Waals surface area contributed by atoms with Crippen LogP contribution >= 0.6 is 15.9 Å². The number of carbonyl (C=O) groups is 2. The van der Waals surface area contributed by atoms with E-state index < -0.39 is 12.0 Å². The fraction of sp³-hybridized carbons (Fsp3) is 0.467. The molecule has 0 unspecified atom stereocenters. The summed E-state index contributed by atoms with van der Waals surface area (Å²) >= 11 is 3.34. The lowest BCUT2D eigenvalue weighted by atomic mass is 9.99. The molecule has 5 nitrogen and oxygen atoms in total. The Balaban J connectivity index is 2.81. The molecule has 116 valence electrons. The zero-order valence-corrected chi connectivity index (χ0v) is 13.9. The highest BCUT2D eigenvalue weighted by atomic mass is 79.9. The van der Waals surface area contributed by atoms with Gasteiger partial charge in [0.05, 0.1) is 13.5 Å². The normalized spacial score (nSPS) is 13.3. The third-order valence-electron chi connectivity index (χ3n) is 3.39. The molecule has 0 aliphatic carbocycles. The van der Waals surface area contributed by atoms with Crippen molar-refractivity contribution in [1.82, 2.24) is 5.32 Å². The van der Waals surface area contributed by atoms with Crippen LogP contribution in [0.5, 0.6) is 5.75 Å². The molecule has 0 heterocycles. The predicted molar refractivity (Wildman–Crippen MR) is 83.4 cm³/mol. The highest BCUT2D eigenvalue weighted by molar-refractivity contribution is 9.10. The van der Waals surface area contributed by atoms with Gasteiger partial charge in [-0.2, -0.15) is 0 Å². The second kappa shape index (κ2) is 8.02. The molecule has 2 atom stereocenters. The van der Waals surface area contributed by atoms with Gasteiger partial charge in [-0.1, -0.05) is 36.2 Å². The lowest BCUT2D eigenvalue weighted by molar-refractivity contribution is -0.143. The number of carbonyl (C=O) groups excluding carboxylic acids is 1. The van der Waals surface area contributed by atoms with Gasteiger partial charge in [-0.3, -0.25) is 4.79 Å². The van der Waals surface area contributed by atoms with E-state index in [4.69, 9.17) is 4.74 Å². The molecule has 1 aromatic carbocycles. The third kappa shape index (κ3) is 5.04. The number of aliphatic carboxylic acids is 1. The predicted octanol–water partition coefficient (Wildman–Crippen LogP) is 2.62. The van der Waals surface area contributed by atoms with Gasteiger partial charge in [0, 0.05) is 10.0 Å². The molecule has 0 aromatic heterocycles. The molecule has 0 spiro atoms. The van der Waals surface area contributed by atoms with E-state index in [0.29, 0.717) is 17.7 Å². The molecule has 0 saturated heterocycles. The standard InChI is InChI=1S/C15H20BrNO4/c1-4-9(2)14(15(19)20)17-13(18)8-10-7-11(16)5-6-12(10)21-3/h5-7,9,14H,4,8H2,1-3H3,(H,17,18)(H,19,20)/t9-,14-/m0/s1. The number of carboxylic acids is 1. The molecule has 1 amide bonds. The van der Waals surface area contributed by atoms with Gasteiger partial charge < -0.3 is 15.2 Å². The zero-order chi connectivity index (χ0) is 16.0. The minimum absolute atomic E-state index is 0.0722. The number of rotatable bonds is 7. The van der Waals surface area contributed by atoms with Crippen LogP contribution in [0.3, 0.4) is 0 Å². The van der Waals surface area contributed by atoms with Crippen LogP contribution in [0.2, 0.25) is 0 Å². The van der Waals surface area contributed by atoms with Gasteiger partial charge >= 0.3 is 5.97 Å². The van der Waals surface area contributed by atoms with E-state index in [1.807, 2.05) is 13.0 Å². The highest BCUT2D eigenvalue weighted by Crippen LogP contribution is 2.23. The van der Waals surface area contributed by atoms with Gasteiger partial charge in [0.15, 0.2) is 0 Å². The van der Waals surface area contributed by atoms with Crippen molar-refractivity contribution in [1.29, 1.82) is 0 Å². The first kappa shape index (κ1) is 17.5. The lowest BCUT2D eigenvalue weighted by Crippen LogP contribution is -2.45. The van der Waals surface area contributed by atoms with Crippen LogP contribution in [-0.2, 0) is 16.0 Å². The molecular weight excluding hydrogens is 338 g/mol. The Kier molecular flexibility index (Phi) is 6.68. The average Bonchev–Trinajstić information content (AvgIpc) is 2.44. The summed E-state index contributed by atoms with van der Waals surface area (Å²) in [5, 5.41) is 11.8. The average molecular weight is 358 g/mol. The largest absolute Gasteiger partial charge is 0.496 e. The Morgan fingerprint density at radius 2 is 2.10 bits per heavy atom. The fourth-order valence-electron chi connectivity index (χ4n) is 1.97. The summed E-state index contributed by atoms with van der Waals surface area (Å²) in [6.45, 7) is 3.70. The molecule has 0 aliphatic rings. The SMILES string of the molecule is CC[C@H](C)[C@H](NC(=O)Cc1cc(Br)ccc1OC)C(=O)O. The first-order valence-electron chi connectivity index (χ1n) is 6.73. The van der Waals surface area contributed by atoms with Crippen LogP contribution in [-0.4, -0.2) is 30.1 Å². The Hall–Kier alpha value is -1.56. The van der Waals surface area contributed by atoms with Crippen molar-refractivity contribution in [2.75, 3.05) is 7.11 Å². The Morgan fingerprint density at radius 1 is 1.43 bits per heavy atom. The smallest absolute Gasteiger partial charge is 0.326 e. The minimum Gasteiger partial charge on any atom is -0.496 e. The number of amides is 1. The van der Waals surface area contributed by atoms with Gasteiger partial charge in [0.25, 0.3) is 0 Å². The van der Waals surface area contributed by atoms with E-state index in [0.717, 1.165) is 4.47 Å². The van der Waals surface area contributed by atoms with Crippen molar-refractivity contribution in [3.8, 4) is 5.75 Å². The summed E-state index contributed by atoms with van der Waals surface area (Å²) < 4.78 is 6.04. The number of nitrogens with one attached hydrogen (secondary N) is 1. The van der Waals surface area contributed by atoms with Gasteiger partial charge in [0.1, 0.15) is 11.8 Å². The van der Waals surface area contributed by atoms with Crippen molar-refractivity contribution >= 4 is 27.8 Å². The van der Waals surface area contributed by atoms with Gasteiger partial charge in [-0.05, 0) is 24.1 Å². The van der Waals surface area contributed by atoms with E-state index in [-0.39, 0.29) is 18.2 Å². The maximum Gasteiger partial charge on any atom is 0.326 e. The van der Waals surface area contributed by atoms with Crippen molar-refractivity contribution < 1.29 is 19.4 Å². The minimum atomic E-state index is -1.01. The summed E-state index contributed by atoms with van der Waals surface area (Å²) in [7, 11) is 1.53. The number of hydrogen-bond donors (Lipinski definition) is 2. The lowest BCUT2D eigenvalue weighted by Gasteiger charge is -2.20. The number of halogens is 1. The summed E-state index contributed by atoms with van der Waals surface area (Å²) in [6.07, 6.45) is 0.750. The van der Waals surface area contributed by atoms with Crippen LogP contribution in [0, 0.1) is 5.92 Å². The number of hydrogen-bond acceptors (Lipinski definition) is 3. The number of ether oxygens (including phenoxy) is 1. The van der Waals surface area contributed by atoms with Gasteiger partial charge in [-0.25, -0.2) is 4.79 Å². The van der Waals surface area contributed by atoms with E-state index in [2.05, 4.69) is 21.2 Å². The molecule has 21 heavy (non-hydrogen) atoms. The van der Waals surface area contributed by atoms with E-state index in [9.17, 15) is 14.7 Å². The summed E-state index contributed by atoms with van der Waals surface area (Å²) in [5.41, 5.74) is 0.706. The van der Waals surface area contributed by atoms with Crippen LogP contribution in [0.25, 0.3) is 0 Å². The zero-order valence-electron chi connectivity index (χ0n) is 12.4. The fourth-order valence-corrected chi connectivity index (χ4v) is 2.37. The molecule has 0 saturated carbocycles. The Labute approximate surface area is 132 Å². The first-order valence-corrected chi connectivity index (χ1v) is 7.52. The second-order valence-corrected chi connectivity index (χ2v) is 5.82. The number of benzene rings is 1. The van der Waals surface area contributed by atoms with E-state index in [1.165, 1.54) is 7.11 Å². The van der Waals surface area contributed by atoms with Crippen molar-refractivity contribution in [3.05, 3.63) is 28.2 Å². The van der Waals surface area contributed by atoms with Gasteiger partial charge in [-0.15, -0.1) is 0 Å². The van der Waals surface area contributed by atoms with Crippen molar-refractivity contribution in [3.63, 3.8) is 0 Å². The Bertz CT molecular complexity index is 518. The topological polar surface area (TPSA) is 75.6 Å². The summed E-state index contributed by atoms with van der Waals surface area (Å²) in [6, 6.07) is 4.49. The molecule has 2 N–H and O–H groups in total. The molecule has 0 bridgehead atoms. The van der Waals surface area contributed by atoms with E-state index >= 15 is 0 Å². The van der Waals surface area contributed by atoms with Crippen LogP contribution in [0.4, 0.5) is 0 Å². The molecule has 1 rings (SSSR count). The molecular formula is C15H20BrNO4. The van der Waals surface area contributed by atoms with Crippen LogP contribution < -0.4 is 10.1 Å². The maximum atomic E-state index is 12.1. The van der Waals surface area contributed by atoms with E-state index in [1.54, 1.807) is 19.1 Å². The monoisotopic (exact) mass is 357 g/mol. The quantitative estimate of drug-likeness (QED) is 0.786. The Morgan fingerprint density at radius 3 is 2.62 bits per heavy atom.